The van der Waals surface area contributed by atoms with Crippen LogP contribution in [0.2, 0.25) is 0 Å². The maximum absolute atomic E-state index is 11.4. The monoisotopic (exact) mass is 249 g/mol. The molecule has 0 aliphatic carbocycles. The fraction of sp³-hybridized carbons (Fsp3) is 0.750. The minimum atomic E-state index is -0.984. The largest absolute Gasteiger partial charge is 0.465 e. The van der Waals surface area contributed by atoms with Crippen LogP contribution < -0.4 is 0 Å². The maximum atomic E-state index is 11.4. The highest BCUT2D eigenvalue weighted by Gasteiger charge is 2.44. The average Bonchev–Trinajstić information content (AvgIpc) is 2.01. The fourth-order valence-electron chi connectivity index (χ4n) is 1.37. The number of amides is 1. The van der Waals surface area contributed by atoms with Gasteiger partial charge in [-0.25, -0.2) is 4.79 Å². The van der Waals surface area contributed by atoms with Gasteiger partial charge in [-0.2, -0.15) is 0 Å². The normalized spacial score (nSPS) is 27.5. The summed E-state index contributed by atoms with van der Waals surface area (Å²) in [4.78, 5) is 23.0. The molecule has 4 nitrogen and oxygen atoms in total. The highest BCUT2D eigenvalue weighted by atomic mass is 79.9. The molecule has 0 spiro atoms. The van der Waals surface area contributed by atoms with E-state index in [0.717, 1.165) is 0 Å². The topological polar surface area (TPSA) is 57.6 Å². The zero-order valence-corrected chi connectivity index (χ0v) is 9.17. The number of carbonyl (C=O) groups excluding carboxylic acids is 1. The molecular formula is C8H12BrNO3. The lowest BCUT2D eigenvalue weighted by atomic mass is 9.83. The molecule has 5 heteroatoms. The van der Waals surface area contributed by atoms with Gasteiger partial charge in [-0.05, 0) is 0 Å². The van der Waals surface area contributed by atoms with Crippen molar-refractivity contribution in [3.05, 3.63) is 0 Å². The van der Waals surface area contributed by atoms with Crippen molar-refractivity contribution in [2.24, 2.45) is 5.41 Å². The van der Waals surface area contributed by atoms with Crippen LogP contribution in [0.5, 0.6) is 0 Å². The van der Waals surface area contributed by atoms with Crippen molar-refractivity contribution in [3.8, 4) is 0 Å². The van der Waals surface area contributed by atoms with Crippen molar-refractivity contribution in [1.82, 2.24) is 4.90 Å². The minimum absolute atomic E-state index is 0.104. The number of halogens is 1. The van der Waals surface area contributed by atoms with E-state index in [9.17, 15) is 9.59 Å². The lowest BCUT2D eigenvalue weighted by Gasteiger charge is -2.40. The number of alkyl halides is 1. The number of nitrogens with zero attached hydrogens (tertiary/aromatic N) is 1. The summed E-state index contributed by atoms with van der Waals surface area (Å²) in [5.41, 5.74) is -0.628. The zero-order valence-electron chi connectivity index (χ0n) is 7.58. The zero-order chi connectivity index (χ0) is 10.2. The van der Waals surface area contributed by atoms with E-state index in [0.29, 0.717) is 6.42 Å². The molecule has 1 unspecified atom stereocenters. The van der Waals surface area contributed by atoms with Gasteiger partial charge in [0.15, 0.2) is 0 Å². The predicted molar refractivity (Wildman–Crippen MR) is 50.9 cm³/mol. The first-order valence-corrected chi connectivity index (χ1v) is 4.96. The summed E-state index contributed by atoms with van der Waals surface area (Å²) >= 11 is 3.24. The van der Waals surface area contributed by atoms with Gasteiger partial charge in [0.05, 0.1) is 5.41 Å². The Morgan fingerprint density at radius 2 is 2.23 bits per heavy atom. The van der Waals surface area contributed by atoms with Crippen LogP contribution in [0.1, 0.15) is 20.3 Å². The third kappa shape index (κ3) is 1.70. The van der Waals surface area contributed by atoms with E-state index in [4.69, 9.17) is 5.11 Å². The molecule has 1 amide bonds. The van der Waals surface area contributed by atoms with Crippen LogP contribution in [-0.4, -0.2) is 33.4 Å². The Bertz CT molecular complexity index is 252. The number of hydrogen-bond donors (Lipinski definition) is 1. The van der Waals surface area contributed by atoms with E-state index in [-0.39, 0.29) is 12.3 Å². The van der Waals surface area contributed by atoms with E-state index >= 15 is 0 Å². The number of ketones is 1. The van der Waals surface area contributed by atoms with Gasteiger partial charge in [0.25, 0.3) is 0 Å². The van der Waals surface area contributed by atoms with Crippen LogP contribution in [0.25, 0.3) is 0 Å². The van der Waals surface area contributed by atoms with Crippen LogP contribution in [0, 0.1) is 5.41 Å². The Hall–Kier alpha value is -0.580. The third-order valence-electron chi connectivity index (χ3n) is 2.41. The Kier molecular flexibility index (Phi) is 2.66. The van der Waals surface area contributed by atoms with Crippen LogP contribution in [-0.2, 0) is 4.79 Å². The predicted octanol–water partition coefficient (Wildman–Crippen LogP) is 1.69. The molecule has 0 aromatic heterocycles. The Morgan fingerprint density at radius 3 is 2.69 bits per heavy atom. The van der Waals surface area contributed by atoms with Crippen LogP contribution >= 0.6 is 15.9 Å². The molecular weight excluding hydrogens is 238 g/mol. The highest BCUT2D eigenvalue weighted by Crippen LogP contribution is 2.35. The first kappa shape index (κ1) is 10.5. The highest BCUT2D eigenvalue weighted by molar-refractivity contribution is 9.09. The molecule has 1 aliphatic heterocycles. The number of Topliss-reactive ketones (excluding diaryl/α,β-unsaturated/α-hetero) is 1. The molecule has 1 saturated heterocycles. The van der Waals surface area contributed by atoms with Gasteiger partial charge >= 0.3 is 6.09 Å². The number of piperidine rings is 1. The lowest BCUT2D eigenvalue weighted by molar-refractivity contribution is -0.131. The minimum Gasteiger partial charge on any atom is -0.465 e. The second-order valence-corrected chi connectivity index (χ2v) is 4.57. The smallest absolute Gasteiger partial charge is 0.408 e. The molecule has 1 N–H and O–H groups in total. The first-order valence-electron chi connectivity index (χ1n) is 4.04. The summed E-state index contributed by atoms with van der Waals surface area (Å²) in [7, 11) is 0. The van der Waals surface area contributed by atoms with E-state index in [1.807, 2.05) is 0 Å². The van der Waals surface area contributed by atoms with Crippen molar-refractivity contribution >= 4 is 27.8 Å². The van der Waals surface area contributed by atoms with E-state index in [1.54, 1.807) is 13.8 Å². The molecule has 1 atom stereocenters. The van der Waals surface area contributed by atoms with Crippen LogP contribution in [0.3, 0.4) is 0 Å². The molecule has 0 radical (unpaired) electrons. The summed E-state index contributed by atoms with van der Waals surface area (Å²) in [6, 6.07) is 0. The molecule has 0 aromatic rings. The Morgan fingerprint density at radius 1 is 1.69 bits per heavy atom. The van der Waals surface area contributed by atoms with Gasteiger partial charge in [0, 0.05) is 13.0 Å². The average molecular weight is 250 g/mol. The van der Waals surface area contributed by atoms with E-state index in [2.05, 4.69) is 15.9 Å². The molecule has 0 aromatic carbocycles. The number of hydrogen-bond acceptors (Lipinski definition) is 2. The van der Waals surface area contributed by atoms with Crippen LogP contribution in [0.15, 0.2) is 0 Å². The van der Waals surface area contributed by atoms with Crippen molar-refractivity contribution in [2.45, 2.75) is 25.2 Å². The number of carboxylic acid groups (broad SMARTS) is 1. The van der Waals surface area contributed by atoms with Crippen molar-refractivity contribution in [1.29, 1.82) is 0 Å². The number of rotatable bonds is 0. The Labute approximate surface area is 85.0 Å². The molecule has 74 valence electrons. The van der Waals surface area contributed by atoms with Gasteiger partial charge in [0.1, 0.15) is 10.7 Å². The maximum Gasteiger partial charge on any atom is 0.408 e. The standard InChI is InChI=1S/C8H12BrNO3/c1-8(2)5(11)3-4-10(6(8)9)7(12)13/h6H,3-4H2,1-2H3,(H,12,13). The van der Waals surface area contributed by atoms with Gasteiger partial charge in [-0.1, -0.05) is 29.8 Å². The number of likely N-dealkylation sites (tertiary alicyclic amines) is 1. The third-order valence-corrected chi connectivity index (χ3v) is 4.05. The van der Waals surface area contributed by atoms with E-state index in [1.165, 1.54) is 4.90 Å². The van der Waals surface area contributed by atoms with Gasteiger partial charge in [-0.15, -0.1) is 0 Å². The molecule has 0 bridgehead atoms. The second kappa shape index (κ2) is 3.29. The van der Waals surface area contributed by atoms with Crippen LogP contribution in [0.4, 0.5) is 4.79 Å². The molecule has 1 heterocycles. The summed E-state index contributed by atoms with van der Waals surface area (Å²) in [6.45, 7) is 3.79. The second-order valence-electron chi connectivity index (χ2n) is 3.71. The molecule has 1 aliphatic rings. The quantitative estimate of drug-likeness (QED) is 0.525. The van der Waals surface area contributed by atoms with Gasteiger partial charge in [-0.3, -0.25) is 9.69 Å². The molecule has 13 heavy (non-hydrogen) atoms. The SMILES string of the molecule is CC1(C)C(=O)CCN(C(=O)O)C1Br. The Balaban J connectivity index is 2.88. The van der Waals surface area contributed by atoms with Gasteiger partial charge < -0.3 is 5.11 Å². The number of carbonyl (C=O) groups is 2. The van der Waals surface area contributed by atoms with E-state index < -0.39 is 16.5 Å². The van der Waals surface area contributed by atoms with Gasteiger partial charge in [0.2, 0.25) is 0 Å². The summed E-state index contributed by atoms with van der Waals surface area (Å²) in [6.07, 6.45) is -0.677. The molecule has 1 fully saturated rings. The van der Waals surface area contributed by atoms with Crippen molar-refractivity contribution in [2.75, 3.05) is 6.54 Å². The van der Waals surface area contributed by atoms with Crippen molar-refractivity contribution in [3.63, 3.8) is 0 Å². The summed E-state index contributed by atoms with van der Waals surface area (Å²) in [5.74, 6) is 0.104. The van der Waals surface area contributed by atoms with Crippen molar-refractivity contribution < 1.29 is 14.7 Å². The summed E-state index contributed by atoms with van der Waals surface area (Å²) in [5, 5.41) is 8.81. The lowest BCUT2D eigenvalue weighted by Crippen LogP contribution is -2.53. The summed E-state index contributed by atoms with van der Waals surface area (Å²) < 4.78 is 0. The molecule has 1 rings (SSSR count). The molecule has 0 saturated carbocycles. The first-order chi connectivity index (χ1) is 5.87. The fourth-order valence-corrected chi connectivity index (χ4v) is 2.01.